The Hall–Kier alpha value is -3.08. The molecule has 1 aliphatic carbocycles. The average Bonchev–Trinajstić information content (AvgIpc) is 3.44. The number of fused-ring (bicyclic) bond motifs is 1. The van der Waals surface area contributed by atoms with Crippen LogP contribution in [0.4, 0.5) is 13.2 Å². The van der Waals surface area contributed by atoms with Gasteiger partial charge in [0.2, 0.25) is 5.91 Å². The van der Waals surface area contributed by atoms with Crippen molar-refractivity contribution >= 4 is 11.8 Å². The number of benzene rings is 1. The third-order valence-corrected chi connectivity index (χ3v) is 7.24. The van der Waals surface area contributed by atoms with Gasteiger partial charge >= 0.3 is 0 Å². The van der Waals surface area contributed by atoms with Crippen LogP contribution in [-0.4, -0.2) is 75.9 Å². The van der Waals surface area contributed by atoms with Crippen LogP contribution in [0.15, 0.2) is 12.1 Å². The first-order valence-corrected chi connectivity index (χ1v) is 12.8. The van der Waals surface area contributed by atoms with Crippen LogP contribution in [0, 0.1) is 17.5 Å². The lowest BCUT2D eigenvalue weighted by Crippen LogP contribution is -2.48. The lowest BCUT2D eigenvalue weighted by molar-refractivity contribution is -0.133. The SMILES string of the molecule is C[C@@H]1CN(C(=O)c2nn(CC(=O)N3CCC(Oc4c(F)cc(F)cc4F)CC3)c3c2CCC3)C[C@H](C)O1. The van der Waals surface area contributed by atoms with E-state index in [0.717, 1.165) is 30.5 Å². The molecular weight excluding hydrogens is 489 g/mol. The van der Waals surface area contributed by atoms with E-state index >= 15 is 0 Å². The van der Waals surface area contributed by atoms with E-state index in [2.05, 4.69) is 5.10 Å². The average molecular weight is 521 g/mol. The summed E-state index contributed by atoms with van der Waals surface area (Å²) in [6, 6.07) is 1.16. The molecule has 0 unspecified atom stereocenters. The summed E-state index contributed by atoms with van der Waals surface area (Å²) in [5.41, 5.74) is 2.30. The number of morpholine rings is 1. The molecular formula is C26H31F3N4O4. The molecule has 3 aliphatic rings. The minimum Gasteiger partial charge on any atom is -0.484 e. The monoisotopic (exact) mass is 520 g/mol. The highest BCUT2D eigenvalue weighted by Crippen LogP contribution is 2.29. The molecule has 0 bridgehead atoms. The van der Waals surface area contributed by atoms with E-state index in [9.17, 15) is 22.8 Å². The molecule has 200 valence electrons. The number of carbonyl (C=O) groups is 2. The highest BCUT2D eigenvalue weighted by atomic mass is 19.1. The maximum Gasteiger partial charge on any atom is 0.274 e. The van der Waals surface area contributed by atoms with E-state index in [1.54, 1.807) is 14.5 Å². The van der Waals surface area contributed by atoms with Crippen molar-refractivity contribution in [1.82, 2.24) is 19.6 Å². The van der Waals surface area contributed by atoms with Gasteiger partial charge in [-0.15, -0.1) is 0 Å². The van der Waals surface area contributed by atoms with E-state index in [4.69, 9.17) is 9.47 Å². The Morgan fingerprint density at radius 1 is 1.03 bits per heavy atom. The van der Waals surface area contributed by atoms with Crippen molar-refractivity contribution in [2.24, 2.45) is 0 Å². The topological polar surface area (TPSA) is 76.9 Å². The Balaban J connectivity index is 1.22. The van der Waals surface area contributed by atoms with Crippen LogP contribution in [0.5, 0.6) is 5.75 Å². The Kier molecular flexibility index (Phi) is 7.15. The van der Waals surface area contributed by atoms with E-state index in [1.807, 2.05) is 13.8 Å². The second-order valence-electron chi connectivity index (χ2n) is 10.1. The van der Waals surface area contributed by atoms with Crippen LogP contribution in [0.1, 0.15) is 54.9 Å². The number of hydrogen-bond acceptors (Lipinski definition) is 5. The van der Waals surface area contributed by atoms with E-state index in [0.29, 0.717) is 56.8 Å². The van der Waals surface area contributed by atoms with Gasteiger partial charge in [-0.05, 0) is 33.1 Å². The highest BCUT2D eigenvalue weighted by Gasteiger charge is 2.34. The molecule has 8 nitrogen and oxygen atoms in total. The molecule has 0 saturated carbocycles. The summed E-state index contributed by atoms with van der Waals surface area (Å²) in [6.45, 7) is 5.63. The van der Waals surface area contributed by atoms with Gasteiger partial charge in [0.25, 0.3) is 5.91 Å². The quantitative estimate of drug-likeness (QED) is 0.606. The number of piperidine rings is 1. The minimum absolute atomic E-state index is 0.0261. The molecule has 37 heavy (non-hydrogen) atoms. The third-order valence-electron chi connectivity index (χ3n) is 7.24. The lowest BCUT2D eigenvalue weighted by atomic mass is 10.1. The molecule has 11 heteroatoms. The Morgan fingerprint density at radius 2 is 1.68 bits per heavy atom. The molecule has 5 rings (SSSR count). The smallest absolute Gasteiger partial charge is 0.274 e. The van der Waals surface area contributed by atoms with Crippen LogP contribution >= 0.6 is 0 Å². The van der Waals surface area contributed by atoms with Crippen molar-refractivity contribution in [3.8, 4) is 5.75 Å². The molecule has 2 atom stereocenters. The standard InChI is InChI=1S/C26H31F3N4O4/c1-15-12-32(13-16(2)36-15)26(35)24-19-4-3-5-22(19)33(30-24)14-23(34)31-8-6-18(7-9-31)37-25-20(28)10-17(27)11-21(25)29/h10-11,15-16,18H,3-9,12-14H2,1-2H3/t15-,16+. The summed E-state index contributed by atoms with van der Waals surface area (Å²) in [5, 5.41) is 4.59. The van der Waals surface area contributed by atoms with Gasteiger partial charge in [0.05, 0.1) is 12.2 Å². The van der Waals surface area contributed by atoms with Gasteiger partial charge in [-0.2, -0.15) is 5.10 Å². The van der Waals surface area contributed by atoms with Gasteiger partial charge in [0.15, 0.2) is 23.1 Å². The van der Waals surface area contributed by atoms with Crippen molar-refractivity contribution in [2.45, 2.75) is 70.8 Å². The summed E-state index contributed by atoms with van der Waals surface area (Å²) in [5.74, 6) is -4.04. The normalized spacial score (nSPS) is 22.3. The second-order valence-corrected chi connectivity index (χ2v) is 10.1. The number of amides is 2. The van der Waals surface area contributed by atoms with Crippen molar-refractivity contribution in [2.75, 3.05) is 26.2 Å². The molecule has 2 aromatic rings. The zero-order valence-corrected chi connectivity index (χ0v) is 21.0. The van der Waals surface area contributed by atoms with Crippen molar-refractivity contribution in [1.29, 1.82) is 0 Å². The molecule has 0 N–H and O–H groups in total. The fourth-order valence-electron chi connectivity index (χ4n) is 5.56. The first-order chi connectivity index (χ1) is 17.7. The van der Waals surface area contributed by atoms with Gasteiger partial charge in [0.1, 0.15) is 18.5 Å². The minimum atomic E-state index is -1.09. The second kappa shape index (κ2) is 10.4. The number of ether oxygens (including phenoxy) is 2. The maximum atomic E-state index is 13.9. The molecule has 0 spiro atoms. The molecule has 2 aliphatic heterocycles. The Bertz CT molecular complexity index is 1160. The number of nitrogens with zero attached hydrogens (tertiary/aromatic N) is 4. The lowest BCUT2D eigenvalue weighted by Gasteiger charge is -2.35. The first-order valence-electron chi connectivity index (χ1n) is 12.8. The predicted octanol–water partition coefficient (Wildman–Crippen LogP) is 3.11. The highest BCUT2D eigenvalue weighted by molar-refractivity contribution is 5.94. The van der Waals surface area contributed by atoms with Crippen LogP contribution in [-0.2, 0) is 28.9 Å². The number of carbonyl (C=O) groups excluding carboxylic acids is 2. The van der Waals surface area contributed by atoms with Crippen molar-refractivity contribution < 1.29 is 32.2 Å². The first kappa shape index (κ1) is 25.6. The molecule has 2 fully saturated rings. The van der Waals surface area contributed by atoms with Crippen LogP contribution in [0.3, 0.4) is 0 Å². The van der Waals surface area contributed by atoms with Crippen LogP contribution in [0.25, 0.3) is 0 Å². The molecule has 2 amide bonds. The number of aromatic nitrogens is 2. The third kappa shape index (κ3) is 5.32. The number of hydrogen-bond donors (Lipinski definition) is 0. The molecule has 2 saturated heterocycles. The molecule has 3 heterocycles. The van der Waals surface area contributed by atoms with Crippen LogP contribution in [0.2, 0.25) is 0 Å². The molecule has 1 aromatic heterocycles. The van der Waals surface area contributed by atoms with Crippen molar-refractivity contribution in [3.05, 3.63) is 46.5 Å². The van der Waals surface area contributed by atoms with Gasteiger partial charge in [-0.25, -0.2) is 13.2 Å². The van der Waals surface area contributed by atoms with Gasteiger partial charge in [-0.1, -0.05) is 0 Å². The van der Waals surface area contributed by atoms with Gasteiger partial charge < -0.3 is 19.3 Å². The van der Waals surface area contributed by atoms with Gasteiger partial charge in [-0.3, -0.25) is 14.3 Å². The van der Waals surface area contributed by atoms with Crippen LogP contribution < -0.4 is 4.74 Å². The molecule has 0 radical (unpaired) electrons. The zero-order valence-electron chi connectivity index (χ0n) is 21.0. The summed E-state index contributed by atoms with van der Waals surface area (Å²) in [7, 11) is 0. The fourth-order valence-corrected chi connectivity index (χ4v) is 5.56. The number of likely N-dealkylation sites (tertiary alicyclic amines) is 1. The van der Waals surface area contributed by atoms with E-state index in [1.165, 1.54) is 0 Å². The summed E-state index contributed by atoms with van der Waals surface area (Å²) in [4.78, 5) is 29.9. The van der Waals surface area contributed by atoms with Gasteiger partial charge in [0, 0.05) is 62.4 Å². The zero-order chi connectivity index (χ0) is 26.3. The summed E-state index contributed by atoms with van der Waals surface area (Å²) in [6.07, 6.45) is 2.63. The van der Waals surface area contributed by atoms with E-state index in [-0.39, 0.29) is 30.6 Å². The number of halogens is 3. The van der Waals surface area contributed by atoms with E-state index < -0.39 is 29.3 Å². The largest absolute Gasteiger partial charge is 0.484 e. The summed E-state index contributed by atoms with van der Waals surface area (Å²) >= 11 is 0. The maximum absolute atomic E-state index is 13.9. The molecule has 1 aromatic carbocycles. The fraction of sp³-hybridized carbons (Fsp3) is 0.577. The van der Waals surface area contributed by atoms with Crippen molar-refractivity contribution in [3.63, 3.8) is 0 Å². The Morgan fingerprint density at radius 3 is 2.32 bits per heavy atom. The number of rotatable bonds is 5. The summed E-state index contributed by atoms with van der Waals surface area (Å²) < 4.78 is 53.9. The Labute approximate surface area is 213 Å². The predicted molar refractivity (Wildman–Crippen MR) is 127 cm³/mol.